The van der Waals surface area contributed by atoms with Crippen molar-refractivity contribution in [3.05, 3.63) is 87.8 Å². The van der Waals surface area contributed by atoms with Crippen molar-refractivity contribution in [3.8, 4) is 11.3 Å². The molecule has 3 aromatic rings. The number of carbonyl (C=O) groups excluding carboxylic acids is 2. The summed E-state index contributed by atoms with van der Waals surface area (Å²) in [5.74, 6) is -0.805. The Bertz CT molecular complexity index is 1300. The van der Waals surface area contributed by atoms with Crippen LogP contribution in [0.25, 0.3) is 17.4 Å². The highest BCUT2D eigenvalue weighted by Crippen LogP contribution is 2.36. The highest BCUT2D eigenvalue weighted by Gasteiger charge is 2.31. The molecule has 38 heavy (non-hydrogen) atoms. The molecule has 0 fully saturated rings. The zero-order valence-corrected chi connectivity index (χ0v) is 22.0. The van der Waals surface area contributed by atoms with Crippen LogP contribution in [0.15, 0.2) is 64.7 Å². The lowest BCUT2D eigenvalue weighted by Gasteiger charge is -2.18. The predicted octanol–water partition coefficient (Wildman–Crippen LogP) is 6.16. The van der Waals surface area contributed by atoms with E-state index in [0.717, 1.165) is 36.9 Å². The summed E-state index contributed by atoms with van der Waals surface area (Å²) in [5, 5.41) is 5.48. The number of likely N-dealkylation sites (N-methyl/N-ethyl adjacent to an activating group) is 1. The molecule has 0 atom stereocenters. The maximum atomic E-state index is 13.2. The topological polar surface area (TPSA) is 74.6 Å². The van der Waals surface area contributed by atoms with Crippen LogP contribution in [0.4, 0.5) is 13.2 Å². The van der Waals surface area contributed by atoms with Crippen molar-refractivity contribution < 1.29 is 27.2 Å². The summed E-state index contributed by atoms with van der Waals surface area (Å²) >= 11 is 6.13. The average molecular weight is 548 g/mol. The smallest absolute Gasteiger partial charge is 0.416 e. The zero-order chi connectivity index (χ0) is 27.9. The fourth-order valence-electron chi connectivity index (χ4n) is 3.63. The molecular weight excluding hydrogens is 519 g/mol. The standard InChI is InChI=1S/C28H29ClF3N3O3/c1-4-35(5-2)15-14-33-27(37)24(34-26(36)19-8-6-18(3)7-9-19)17-21-11-13-25(38-21)22-16-20(28(30,31)32)10-12-23(22)29/h6-13,16-17H,4-5,14-15H2,1-3H3,(H,33,37)(H,34,36)/b24-17+. The lowest BCUT2D eigenvalue weighted by molar-refractivity contribution is -0.137. The Morgan fingerprint density at radius 2 is 1.71 bits per heavy atom. The van der Waals surface area contributed by atoms with Crippen LogP contribution in [0.5, 0.6) is 0 Å². The molecule has 10 heteroatoms. The van der Waals surface area contributed by atoms with E-state index >= 15 is 0 Å². The second kappa shape index (κ2) is 12.8. The molecule has 1 heterocycles. The number of furan rings is 1. The summed E-state index contributed by atoms with van der Waals surface area (Å²) in [6, 6.07) is 12.7. The molecule has 2 N–H and O–H groups in total. The molecule has 3 rings (SSSR count). The van der Waals surface area contributed by atoms with Gasteiger partial charge in [0.2, 0.25) is 0 Å². The third kappa shape index (κ3) is 7.72. The van der Waals surface area contributed by atoms with Gasteiger partial charge < -0.3 is 20.0 Å². The number of hydrogen-bond donors (Lipinski definition) is 2. The first-order valence-corrected chi connectivity index (χ1v) is 12.5. The van der Waals surface area contributed by atoms with Gasteiger partial charge in [-0.15, -0.1) is 0 Å². The van der Waals surface area contributed by atoms with E-state index in [1.54, 1.807) is 24.3 Å². The molecule has 0 aliphatic carbocycles. The molecule has 0 saturated heterocycles. The van der Waals surface area contributed by atoms with Crippen LogP contribution in [0.3, 0.4) is 0 Å². The van der Waals surface area contributed by atoms with Gasteiger partial charge in [-0.05, 0) is 62.5 Å². The molecule has 0 unspecified atom stereocenters. The zero-order valence-electron chi connectivity index (χ0n) is 21.3. The second-order valence-corrected chi connectivity index (χ2v) is 8.96. The number of halogens is 4. The number of amides is 2. The maximum absolute atomic E-state index is 13.2. The molecule has 202 valence electrons. The Morgan fingerprint density at radius 3 is 2.34 bits per heavy atom. The molecule has 2 amide bonds. The van der Waals surface area contributed by atoms with Crippen LogP contribution in [0, 0.1) is 6.92 Å². The lowest BCUT2D eigenvalue weighted by atomic mass is 10.1. The number of hydrogen-bond acceptors (Lipinski definition) is 4. The van der Waals surface area contributed by atoms with Crippen molar-refractivity contribution in [3.63, 3.8) is 0 Å². The number of alkyl halides is 3. The van der Waals surface area contributed by atoms with Crippen molar-refractivity contribution in [2.24, 2.45) is 0 Å². The Hall–Kier alpha value is -3.56. The van der Waals surface area contributed by atoms with Gasteiger partial charge in [0.1, 0.15) is 17.2 Å². The molecule has 2 aromatic carbocycles. The van der Waals surface area contributed by atoms with Gasteiger partial charge in [0.25, 0.3) is 11.8 Å². The van der Waals surface area contributed by atoms with Crippen molar-refractivity contribution in [1.82, 2.24) is 15.5 Å². The summed E-state index contributed by atoms with van der Waals surface area (Å²) in [6.07, 6.45) is -3.23. The van der Waals surface area contributed by atoms with Gasteiger partial charge >= 0.3 is 6.18 Å². The molecule has 0 radical (unpaired) electrons. The summed E-state index contributed by atoms with van der Waals surface area (Å²) in [5.41, 5.74) is 0.432. The minimum atomic E-state index is -4.55. The summed E-state index contributed by atoms with van der Waals surface area (Å²) in [6.45, 7) is 8.55. The van der Waals surface area contributed by atoms with Gasteiger partial charge in [0, 0.05) is 30.3 Å². The van der Waals surface area contributed by atoms with Crippen LogP contribution in [-0.2, 0) is 11.0 Å². The molecule has 0 aliphatic heterocycles. The molecule has 6 nitrogen and oxygen atoms in total. The van der Waals surface area contributed by atoms with E-state index in [0.29, 0.717) is 18.7 Å². The monoisotopic (exact) mass is 547 g/mol. The number of rotatable bonds is 10. The van der Waals surface area contributed by atoms with Crippen LogP contribution >= 0.6 is 11.6 Å². The number of nitrogens with zero attached hydrogens (tertiary/aromatic N) is 1. The molecule has 0 spiro atoms. The van der Waals surface area contributed by atoms with Crippen LogP contribution < -0.4 is 10.6 Å². The van der Waals surface area contributed by atoms with Crippen LogP contribution in [-0.4, -0.2) is 42.9 Å². The Morgan fingerprint density at radius 1 is 1.03 bits per heavy atom. The van der Waals surface area contributed by atoms with E-state index in [-0.39, 0.29) is 27.8 Å². The van der Waals surface area contributed by atoms with E-state index in [1.165, 1.54) is 18.2 Å². The number of benzene rings is 2. The number of aryl methyl sites for hydroxylation is 1. The van der Waals surface area contributed by atoms with Gasteiger partial charge in [-0.1, -0.05) is 43.1 Å². The van der Waals surface area contributed by atoms with Crippen molar-refractivity contribution in [2.75, 3.05) is 26.2 Å². The highest BCUT2D eigenvalue weighted by atomic mass is 35.5. The first-order valence-electron chi connectivity index (χ1n) is 12.1. The number of carbonyl (C=O) groups is 2. The summed E-state index contributed by atoms with van der Waals surface area (Å²) in [4.78, 5) is 28.0. The summed E-state index contributed by atoms with van der Waals surface area (Å²) in [7, 11) is 0. The SMILES string of the molecule is CCN(CC)CCNC(=O)/C(=C\c1ccc(-c2cc(C(F)(F)F)ccc2Cl)o1)NC(=O)c1ccc(C)cc1. The molecular formula is C28H29ClF3N3O3. The van der Waals surface area contributed by atoms with Crippen LogP contribution in [0.1, 0.15) is 41.1 Å². The largest absolute Gasteiger partial charge is 0.457 e. The van der Waals surface area contributed by atoms with Gasteiger partial charge in [-0.25, -0.2) is 0 Å². The van der Waals surface area contributed by atoms with E-state index in [4.69, 9.17) is 16.0 Å². The average Bonchev–Trinajstić information content (AvgIpc) is 3.34. The van der Waals surface area contributed by atoms with Crippen LogP contribution in [0.2, 0.25) is 5.02 Å². The first kappa shape index (κ1) is 29.0. The predicted molar refractivity (Wildman–Crippen MR) is 142 cm³/mol. The van der Waals surface area contributed by atoms with E-state index in [1.807, 2.05) is 20.8 Å². The van der Waals surface area contributed by atoms with Gasteiger partial charge in [0.15, 0.2) is 0 Å². The molecule has 0 aliphatic rings. The molecule has 1 aromatic heterocycles. The third-order valence-electron chi connectivity index (χ3n) is 5.89. The fraction of sp³-hybridized carbons (Fsp3) is 0.286. The number of nitrogens with one attached hydrogen (secondary N) is 2. The normalized spacial score (nSPS) is 12.1. The molecule has 0 bridgehead atoms. The highest BCUT2D eigenvalue weighted by molar-refractivity contribution is 6.33. The van der Waals surface area contributed by atoms with E-state index < -0.39 is 23.6 Å². The summed E-state index contributed by atoms with van der Waals surface area (Å²) < 4.78 is 45.3. The Labute approximate surface area is 224 Å². The van der Waals surface area contributed by atoms with Crippen molar-refractivity contribution >= 4 is 29.5 Å². The van der Waals surface area contributed by atoms with Gasteiger partial charge in [-0.2, -0.15) is 13.2 Å². The second-order valence-electron chi connectivity index (χ2n) is 8.56. The quantitative estimate of drug-likeness (QED) is 0.298. The maximum Gasteiger partial charge on any atom is 0.416 e. The van der Waals surface area contributed by atoms with Gasteiger partial charge in [-0.3, -0.25) is 9.59 Å². The van der Waals surface area contributed by atoms with E-state index in [9.17, 15) is 22.8 Å². The third-order valence-corrected chi connectivity index (χ3v) is 6.22. The fourth-order valence-corrected chi connectivity index (χ4v) is 3.84. The van der Waals surface area contributed by atoms with Crippen molar-refractivity contribution in [1.29, 1.82) is 0 Å². The first-order chi connectivity index (χ1) is 18.0. The lowest BCUT2D eigenvalue weighted by Crippen LogP contribution is -2.39. The molecule has 0 saturated carbocycles. The van der Waals surface area contributed by atoms with E-state index in [2.05, 4.69) is 15.5 Å². The minimum Gasteiger partial charge on any atom is -0.457 e. The Balaban J connectivity index is 1.89. The minimum absolute atomic E-state index is 0.0510. The van der Waals surface area contributed by atoms with Gasteiger partial charge in [0.05, 0.1) is 10.6 Å². The van der Waals surface area contributed by atoms with Crippen molar-refractivity contribution in [2.45, 2.75) is 26.9 Å². The Kier molecular flexibility index (Phi) is 9.77.